The van der Waals surface area contributed by atoms with Crippen molar-refractivity contribution in [2.24, 2.45) is 0 Å². The number of aryl methyl sites for hydroxylation is 2. The third-order valence-corrected chi connectivity index (χ3v) is 4.14. The molecule has 23 heavy (non-hydrogen) atoms. The van der Waals surface area contributed by atoms with Gasteiger partial charge in [0.15, 0.2) is 5.82 Å². The molecule has 0 saturated carbocycles. The number of anilines is 1. The molecule has 0 aliphatic rings. The Morgan fingerprint density at radius 2 is 2.09 bits per heavy atom. The maximum atomic E-state index is 11.8. The molecule has 3 rings (SSSR count). The first-order valence-electron chi connectivity index (χ1n) is 7.29. The molecule has 0 bridgehead atoms. The van der Waals surface area contributed by atoms with E-state index in [1.54, 1.807) is 29.8 Å². The van der Waals surface area contributed by atoms with Crippen LogP contribution in [0.3, 0.4) is 0 Å². The molecule has 2 N–H and O–H groups in total. The summed E-state index contributed by atoms with van der Waals surface area (Å²) >= 11 is 1.61. The first-order valence-corrected chi connectivity index (χ1v) is 8.17. The third kappa shape index (κ3) is 4.65. The van der Waals surface area contributed by atoms with Gasteiger partial charge >= 0.3 is 6.03 Å². The Morgan fingerprint density at radius 3 is 2.87 bits per heavy atom. The lowest BCUT2D eigenvalue weighted by atomic mass is 10.2. The summed E-state index contributed by atoms with van der Waals surface area (Å²) in [6.45, 7) is 1.27. The van der Waals surface area contributed by atoms with E-state index in [-0.39, 0.29) is 6.03 Å². The lowest BCUT2D eigenvalue weighted by molar-refractivity contribution is 0.251. The minimum absolute atomic E-state index is 0.252. The Balaban J connectivity index is 1.46. The fraction of sp³-hybridized carbons (Fsp3) is 0.188. The van der Waals surface area contributed by atoms with Crippen LogP contribution in [0.1, 0.15) is 10.4 Å². The van der Waals surface area contributed by atoms with Gasteiger partial charge in [0.05, 0.1) is 6.54 Å². The number of carbonyl (C=O) groups excluding carboxylic acids is 1. The molecule has 0 saturated heterocycles. The van der Waals surface area contributed by atoms with Crippen molar-refractivity contribution >= 4 is 23.2 Å². The van der Waals surface area contributed by atoms with E-state index < -0.39 is 0 Å². The normalized spacial score (nSPS) is 10.4. The third-order valence-electron chi connectivity index (χ3n) is 3.26. The molecule has 3 heterocycles. The number of nitrogens with one attached hydrogen (secondary N) is 2. The van der Waals surface area contributed by atoms with Crippen LogP contribution in [0.4, 0.5) is 10.6 Å². The van der Waals surface area contributed by atoms with Gasteiger partial charge in [0.25, 0.3) is 0 Å². The predicted octanol–water partition coefficient (Wildman–Crippen LogP) is 2.90. The van der Waals surface area contributed by atoms with Crippen LogP contribution >= 0.6 is 11.3 Å². The summed E-state index contributed by atoms with van der Waals surface area (Å²) < 4.78 is 1.81. The molecule has 0 atom stereocenters. The standard InChI is InChI=1S/C16H17N5OS/c22-16(18-12-14-2-1-11-23-14)19-15-6-10-21(20-15)9-5-13-3-7-17-8-4-13/h1-4,6-8,10-11H,5,9,12H2,(H2,18,19,20,22). The highest BCUT2D eigenvalue weighted by Crippen LogP contribution is 2.08. The second-order valence-electron chi connectivity index (χ2n) is 4.96. The maximum Gasteiger partial charge on any atom is 0.320 e. The molecular weight excluding hydrogens is 310 g/mol. The van der Waals surface area contributed by atoms with E-state index in [1.807, 2.05) is 40.5 Å². The van der Waals surface area contributed by atoms with Gasteiger partial charge in [-0.25, -0.2) is 4.79 Å². The summed E-state index contributed by atoms with van der Waals surface area (Å²) in [4.78, 5) is 16.9. The van der Waals surface area contributed by atoms with Gasteiger partial charge in [-0.3, -0.25) is 15.0 Å². The number of thiophene rings is 1. The molecule has 0 radical (unpaired) electrons. The Bertz CT molecular complexity index is 739. The molecule has 0 spiro atoms. The Hall–Kier alpha value is -2.67. The summed E-state index contributed by atoms with van der Waals surface area (Å²) in [7, 11) is 0. The maximum absolute atomic E-state index is 11.8. The highest BCUT2D eigenvalue weighted by atomic mass is 32.1. The Kier molecular flexibility index (Phi) is 5.00. The minimum atomic E-state index is -0.252. The average Bonchev–Trinajstić information content (AvgIpc) is 3.24. The molecule has 3 aromatic rings. The van der Waals surface area contributed by atoms with Crippen LogP contribution in [0, 0.1) is 0 Å². The van der Waals surface area contributed by atoms with Gasteiger partial charge in [-0.1, -0.05) is 6.07 Å². The lowest BCUT2D eigenvalue weighted by Crippen LogP contribution is -2.28. The quantitative estimate of drug-likeness (QED) is 0.731. The van der Waals surface area contributed by atoms with Crippen molar-refractivity contribution in [1.29, 1.82) is 0 Å². The van der Waals surface area contributed by atoms with Crippen LogP contribution in [-0.2, 0) is 19.5 Å². The van der Waals surface area contributed by atoms with Crippen molar-refractivity contribution in [3.05, 3.63) is 64.7 Å². The number of aromatic nitrogens is 3. The highest BCUT2D eigenvalue weighted by molar-refractivity contribution is 7.09. The number of pyridine rings is 1. The molecule has 6 nitrogen and oxygen atoms in total. The first-order chi connectivity index (χ1) is 11.3. The van der Waals surface area contributed by atoms with E-state index in [2.05, 4.69) is 20.7 Å². The largest absolute Gasteiger partial charge is 0.333 e. The van der Waals surface area contributed by atoms with Crippen LogP contribution in [0.2, 0.25) is 0 Å². The molecule has 2 amide bonds. The molecular formula is C16H17N5OS. The van der Waals surface area contributed by atoms with E-state index in [4.69, 9.17) is 0 Å². The lowest BCUT2D eigenvalue weighted by Gasteiger charge is -2.04. The molecule has 3 aromatic heterocycles. The second kappa shape index (κ2) is 7.55. The van der Waals surface area contributed by atoms with Gasteiger partial charge < -0.3 is 5.32 Å². The molecule has 118 valence electrons. The van der Waals surface area contributed by atoms with Crippen molar-refractivity contribution < 1.29 is 4.79 Å². The molecule has 0 unspecified atom stereocenters. The number of carbonyl (C=O) groups is 1. The van der Waals surface area contributed by atoms with Gasteiger partial charge in [0.1, 0.15) is 0 Å². The average molecular weight is 327 g/mol. The molecule has 0 aliphatic carbocycles. The number of hydrogen-bond donors (Lipinski definition) is 2. The SMILES string of the molecule is O=C(NCc1cccs1)Nc1ccn(CCc2ccncc2)n1. The number of hydrogen-bond acceptors (Lipinski definition) is 4. The van der Waals surface area contributed by atoms with Crippen LogP contribution in [0.15, 0.2) is 54.3 Å². The van der Waals surface area contributed by atoms with Crippen LogP contribution < -0.4 is 10.6 Å². The molecule has 0 aromatic carbocycles. The Labute approximate surface area is 138 Å². The zero-order chi connectivity index (χ0) is 15.9. The zero-order valence-electron chi connectivity index (χ0n) is 12.5. The number of amides is 2. The van der Waals surface area contributed by atoms with Gasteiger partial charge in [0, 0.05) is 36.1 Å². The highest BCUT2D eigenvalue weighted by Gasteiger charge is 2.05. The van der Waals surface area contributed by atoms with Crippen LogP contribution in [0.25, 0.3) is 0 Å². The van der Waals surface area contributed by atoms with Crippen molar-refractivity contribution in [1.82, 2.24) is 20.1 Å². The summed E-state index contributed by atoms with van der Waals surface area (Å²) in [5, 5.41) is 11.9. The Morgan fingerprint density at radius 1 is 1.22 bits per heavy atom. The van der Waals surface area contributed by atoms with Crippen molar-refractivity contribution in [2.45, 2.75) is 19.5 Å². The first kappa shape index (κ1) is 15.2. The summed E-state index contributed by atoms with van der Waals surface area (Å²) in [6, 6.07) is 9.46. The molecule has 7 heteroatoms. The van der Waals surface area contributed by atoms with Crippen LogP contribution in [-0.4, -0.2) is 20.8 Å². The second-order valence-corrected chi connectivity index (χ2v) is 5.99. The number of rotatable bonds is 6. The topological polar surface area (TPSA) is 71.8 Å². The van der Waals surface area contributed by atoms with Crippen LogP contribution in [0.5, 0.6) is 0 Å². The van der Waals surface area contributed by atoms with Gasteiger partial charge in [-0.2, -0.15) is 5.10 Å². The number of nitrogens with zero attached hydrogens (tertiary/aromatic N) is 3. The van der Waals surface area contributed by atoms with Crippen molar-refractivity contribution in [2.75, 3.05) is 5.32 Å². The smallest absolute Gasteiger partial charge is 0.320 e. The summed E-state index contributed by atoms with van der Waals surface area (Å²) in [5.41, 5.74) is 1.21. The monoisotopic (exact) mass is 327 g/mol. The van der Waals surface area contributed by atoms with E-state index >= 15 is 0 Å². The summed E-state index contributed by atoms with van der Waals surface area (Å²) in [6.07, 6.45) is 6.29. The number of urea groups is 1. The van der Waals surface area contributed by atoms with E-state index in [0.717, 1.165) is 17.8 Å². The van der Waals surface area contributed by atoms with E-state index in [9.17, 15) is 4.79 Å². The predicted molar refractivity (Wildman–Crippen MR) is 90.3 cm³/mol. The van der Waals surface area contributed by atoms with Crippen molar-refractivity contribution in [3.8, 4) is 0 Å². The minimum Gasteiger partial charge on any atom is -0.333 e. The van der Waals surface area contributed by atoms with Crippen molar-refractivity contribution in [3.63, 3.8) is 0 Å². The molecule has 0 aliphatic heterocycles. The fourth-order valence-electron chi connectivity index (χ4n) is 2.09. The van der Waals surface area contributed by atoms with Gasteiger partial charge in [0.2, 0.25) is 0 Å². The fourth-order valence-corrected chi connectivity index (χ4v) is 2.73. The van der Waals surface area contributed by atoms with Gasteiger partial charge in [-0.05, 0) is 35.6 Å². The zero-order valence-corrected chi connectivity index (χ0v) is 13.3. The molecule has 0 fully saturated rings. The van der Waals surface area contributed by atoms with Gasteiger partial charge in [-0.15, -0.1) is 11.3 Å². The van der Waals surface area contributed by atoms with E-state index in [0.29, 0.717) is 12.4 Å². The summed E-state index contributed by atoms with van der Waals surface area (Å²) in [5.74, 6) is 0.545. The van der Waals surface area contributed by atoms with E-state index in [1.165, 1.54) is 5.56 Å².